The predicted octanol–water partition coefficient (Wildman–Crippen LogP) is 3.38. The number of nitrogens with one attached hydrogen (secondary N) is 1. The summed E-state index contributed by atoms with van der Waals surface area (Å²) in [7, 11) is 0. The number of hydrogen-bond donors (Lipinski definition) is 1. The second-order valence-electron chi connectivity index (χ2n) is 4.51. The van der Waals surface area contributed by atoms with Gasteiger partial charge in [0.2, 0.25) is 0 Å². The monoisotopic (exact) mass is 281 g/mol. The number of carbonyl (C=O) groups excluding carboxylic acids is 1. The van der Waals surface area contributed by atoms with E-state index in [1.165, 1.54) is 0 Å². The summed E-state index contributed by atoms with van der Waals surface area (Å²) in [6.45, 7) is 2.83. The molecule has 1 N–H and O–H groups in total. The summed E-state index contributed by atoms with van der Waals surface area (Å²) in [6.07, 6.45) is 1.72. The molecule has 2 aromatic carbocycles. The van der Waals surface area contributed by atoms with Gasteiger partial charge in [-0.25, -0.2) is 4.79 Å². The second-order valence-corrected chi connectivity index (χ2v) is 4.51. The van der Waals surface area contributed by atoms with Gasteiger partial charge in [0.25, 0.3) is 0 Å². The van der Waals surface area contributed by atoms with Crippen LogP contribution >= 0.6 is 0 Å². The first-order valence-electron chi connectivity index (χ1n) is 7.01. The van der Waals surface area contributed by atoms with E-state index in [0.717, 1.165) is 11.1 Å². The van der Waals surface area contributed by atoms with Crippen molar-refractivity contribution < 1.29 is 9.53 Å². The van der Waals surface area contributed by atoms with Crippen molar-refractivity contribution in [1.29, 1.82) is 0 Å². The minimum Gasteiger partial charge on any atom is -0.462 e. The van der Waals surface area contributed by atoms with E-state index in [1.807, 2.05) is 60.7 Å². The molecule has 0 aliphatic carbocycles. The molecule has 0 saturated carbocycles. The lowest BCUT2D eigenvalue weighted by molar-refractivity contribution is -0.136. The Kier molecular flexibility index (Phi) is 5.59. The van der Waals surface area contributed by atoms with Gasteiger partial charge < -0.3 is 10.1 Å². The van der Waals surface area contributed by atoms with Crippen LogP contribution in [0.3, 0.4) is 0 Å². The van der Waals surface area contributed by atoms with Gasteiger partial charge in [0.1, 0.15) is 0 Å². The lowest BCUT2D eigenvalue weighted by Gasteiger charge is -2.08. The molecule has 0 aliphatic heterocycles. The van der Waals surface area contributed by atoms with Crippen molar-refractivity contribution >= 4 is 11.5 Å². The highest BCUT2D eigenvalue weighted by molar-refractivity contribution is 6.16. The van der Waals surface area contributed by atoms with Crippen molar-refractivity contribution in [1.82, 2.24) is 5.32 Å². The fourth-order valence-corrected chi connectivity index (χ4v) is 1.95. The second kappa shape index (κ2) is 7.90. The van der Waals surface area contributed by atoms with Gasteiger partial charge in [0, 0.05) is 12.7 Å². The maximum Gasteiger partial charge on any atom is 0.340 e. The summed E-state index contributed by atoms with van der Waals surface area (Å²) in [4.78, 5) is 12.1. The maximum absolute atomic E-state index is 12.1. The molecular formula is C18H19NO2. The van der Waals surface area contributed by atoms with Crippen molar-refractivity contribution in [3.63, 3.8) is 0 Å². The van der Waals surface area contributed by atoms with Crippen LogP contribution in [0.15, 0.2) is 66.9 Å². The average Bonchev–Trinajstić information content (AvgIpc) is 2.53. The Morgan fingerprint density at radius 1 is 1.05 bits per heavy atom. The van der Waals surface area contributed by atoms with E-state index in [-0.39, 0.29) is 5.97 Å². The number of hydrogen-bond acceptors (Lipinski definition) is 3. The molecule has 3 nitrogen and oxygen atoms in total. The minimum absolute atomic E-state index is 0.315. The molecule has 2 rings (SSSR count). The molecule has 0 unspecified atom stereocenters. The first kappa shape index (κ1) is 14.9. The average molecular weight is 281 g/mol. The Bertz CT molecular complexity index is 591. The highest BCUT2D eigenvalue weighted by Gasteiger charge is 2.12. The Labute approximate surface area is 125 Å². The summed E-state index contributed by atoms with van der Waals surface area (Å²) in [5.74, 6) is -0.315. The van der Waals surface area contributed by atoms with Crippen LogP contribution in [-0.2, 0) is 16.1 Å². The lowest BCUT2D eigenvalue weighted by Crippen LogP contribution is -2.12. The first-order valence-corrected chi connectivity index (χ1v) is 7.01. The van der Waals surface area contributed by atoms with Gasteiger partial charge in [0.15, 0.2) is 0 Å². The van der Waals surface area contributed by atoms with Gasteiger partial charge in [0.05, 0.1) is 12.2 Å². The number of ether oxygens (including phenoxy) is 1. The molecule has 0 spiro atoms. The number of rotatable bonds is 6. The summed E-state index contributed by atoms with van der Waals surface area (Å²) in [6, 6.07) is 19.5. The van der Waals surface area contributed by atoms with E-state index in [9.17, 15) is 4.79 Å². The summed E-state index contributed by atoms with van der Waals surface area (Å²) in [5.41, 5.74) is 2.54. The zero-order chi connectivity index (χ0) is 14.9. The molecule has 0 aromatic heterocycles. The van der Waals surface area contributed by atoms with Crippen LogP contribution in [0.4, 0.5) is 0 Å². The Hall–Kier alpha value is -2.55. The van der Waals surface area contributed by atoms with Gasteiger partial charge in [-0.05, 0) is 18.1 Å². The third-order valence-corrected chi connectivity index (χ3v) is 2.98. The van der Waals surface area contributed by atoms with Crippen molar-refractivity contribution in [3.8, 4) is 0 Å². The molecule has 0 atom stereocenters. The first-order chi connectivity index (χ1) is 10.3. The van der Waals surface area contributed by atoms with Gasteiger partial charge in [-0.3, -0.25) is 0 Å². The Morgan fingerprint density at radius 3 is 2.29 bits per heavy atom. The number of esters is 1. The van der Waals surface area contributed by atoms with E-state index in [4.69, 9.17) is 4.74 Å². The third kappa shape index (κ3) is 4.49. The summed E-state index contributed by atoms with van der Waals surface area (Å²) >= 11 is 0. The fraction of sp³-hybridized carbons (Fsp3) is 0.167. The molecule has 2 aromatic rings. The predicted molar refractivity (Wildman–Crippen MR) is 84.3 cm³/mol. The van der Waals surface area contributed by atoms with Crippen molar-refractivity contribution in [2.24, 2.45) is 0 Å². The zero-order valence-corrected chi connectivity index (χ0v) is 12.1. The van der Waals surface area contributed by atoms with Crippen LogP contribution in [0.2, 0.25) is 0 Å². The van der Waals surface area contributed by atoms with E-state index < -0.39 is 0 Å². The van der Waals surface area contributed by atoms with Gasteiger partial charge >= 0.3 is 5.97 Å². The molecule has 0 amide bonds. The van der Waals surface area contributed by atoms with E-state index in [1.54, 1.807) is 13.1 Å². The van der Waals surface area contributed by atoms with Crippen molar-refractivity contribution in [2.45, 2.75) is 13.5 Å². The highest BCUT2D eigenvalue weighted by atomic mass is 16.5. The van der Waals surface area contributed by atoms with Gasteiger partial charge in [-0.2, -0.15) is 0 Å². The molecule has 0 heterocycles. The van der Waals surface area contributed by atoms with Crippen LogP contribution in [0, 0.1) is 0 Å². The van der Waals surface area contributed by atoms with E-state index in [2.05, 4.69) is 5.32 Å². The Morgan fingerprint density at radius 2 is 1.67 bits per heavy atom. The van der Waals surface area contributed by atoms with Crippen LogP contribution in [0.1, 0.15) is 18.1 Å². The molecule has 3 heteroatoms. The molecule has 108 valence electrons. The van der Waals surface area contributed by atoms with Gasteiger partial charge in [-0.15, -0.1) is 0 Å². The van der Waals surface area contributed by atoms with E-state index >= 15 is 0 Å². The van der Waals surface area contributed by atoms with Crippen LogP contribution in [-0.4, -0.2) is 12.6 Å². The molecule has 0 saturated heterocycles. The normalized spacial score (nSPS) is 11.0. The van der Waals surface area contributed by atoms with Crippen LogP contribution < -0.4 is 5.32 Å². The topological polar surface area (TPSA) is 38.3 Å². The maximum atomic E-state index is 12.1. The van der Waals surface area contributed by atoms with Crippen LogP contribution in [0.5, 0.6) is 0 Å². The largest absolute Gasteiger partial charge is 0.462 e. The summed E-state index contributed by atoms with van der Waals surface area (Å²) < 4.78 is 5.11. The molecule has 0 aliphatic rings. The molecule has 0 radical (unpaired) electrons. The van der Waals surface area contributed by atoms with Crippen molar-refractivity contribution in [2.75, 3.05) is 6.61 Å². The van der Waals surface area contributed by atoms with E-state index in [0.29, 0.717) is 18.7 Å². The standard InChI is InChI=1S/C18H19NO2/c1-2-21-18(20)17(16-11-7-4-8-12-16)14-19-13-15-9-5-3-6-10-15/h3-12,14,19H,2,13H2,1H3/b17-14+. The van der Waals surface area contributed by atoms with Crippen LogP contribution in [0.25, 0.3) is 5.57 Å². The fourth-order valence-electron chi connectivity index (χ4n) is 1.95. The molecule has 21 heavy (non-hydrogen) atoms. The highest BCUT2D eigenvalue weighted by Crippen LogP contribution is 2.15. The lowest BCUT2D eigenvalue weighted by atomic mass is 10.1. The molecule has 0 fully saturated rings. The number of carbonyl (C=O) groups is 1. The number of benzene rings is 2. The minimum atomic E-state index is -0.315. The SMILES string of the molecule is CCOC(=O)/C(=C/NCc1ccccc1)c1ccccc1. The third-order valence-electron chi connectivity index (χ3n) is 2.98. The molecular weight excluding hydrogens is 262 g/mol. The smallest absolute Gasteiger partial charge is 0.340 e. The van der Waals surface area contributed by atoms with Gasteiger partial charge in [-0.1, -0.05) is 60.7 Å². The molecule has 0 bridgehead atoms. The Balaban J connectivity index is 2.11. The zero-order valence-electron chi connectivity index (χ0n) is 12.1. The summed E-state index contributed by atoms with van der Waals surface area (Å²) in [5, 5.41) is 3.18. The quantitative estimate of drug-likeness (QED) is 0.651. The van der Waals surface area contributed by atoms with Crippen molar-refractivity contribution in [3.05, 3.63) is 78.0 Å².